The summed E-state index contributed by atoms with van der Waals surface area (Å²) in [7, 11) is 0. The molecule has 0 saturated carbocycles. The number of anilines is 1. The van der Waals surface area contributed by atoms with Gasteiger partial charge in [-0.2, -0.15) is 9.78 Å². The number of hydrogen-bond donors (Lipinski definition) is 1. The fraction of sp³-hybridized carbons (Fsp3) is 0.150. The lowest BCUT2D eigenvalue weighted by molar-refractivity contribution is 0.102. The minimum atomic E-state index is -0.596. The summed E-state index contributed by atoms with van der Waals surface area (Å²) in [6.45, 7) is 3.58. The van der Waals surface area contributed by atoms with E-state index in [1.807, 2.05) is 6.92 Å². The number of halogens is 2. The first-order valence-electron chi connectivity index (χ1n) is 9.17. The average Bonchev–Trinajstić information content (AvgIpc) is 3.36. The molecule has 2 aromatic heterocycles. The predicted molar refractivity (Wildman–Crippen MR) is 105 cm³/mol. The Morgan fingerprint density at radius 1 is 1.07 bits per heavy atom. The zero-order chi connectivity index (χ0) is 21.3. The van der Waals surface area contributed by atoms with E-state index < -0.39 is 11.7 Å². The van der Waals surface area contributed by atoms with Crippen LogP contribution in [0.25, 0.3) is 11.4 Å². The van der Waals surface area contributed by atoms with Crippen molar-refractivity contribution in [3.8, 4) is 11.4 Å². The summed E-state index contributed by atoms with van der Waals surface area (Å²) in [6.07, 6.45) is 1.90. The molecule has 152 valence electrons. The van der Waals surface area contributed by atoms with E-state index in [-0.39, 0.29) is 11.5 Å². The summed E-state index contributed by atoms with van der Waals surface area (Å²) in [6, 6.07) is 9.97. The Kier molecular flexibility index (Phi) is 5.05. The third-order valence-corrected chi connectivity index (χ3v) is 4.59. The number of aryl methyl sites for hydroxylation is 1. The van der Waals surface area contributed by atoms with Crippen LogP contribution in [0.15, 0.2) is 48.7 Å². The number of aromatic nitrogens is 6. The molecule has 0 saturated heterocycles. The molecule has 0 aliphatic carbocycles. The third-order valence-electron chi connectivity index (χ3n) is 4.59. The second-order valence-corrected chi connectivity index (χ2v) is 6.50. The van der Waals surface area contributed by atoms with Crippen LogP contribution >= 0.6 is 0 Å². The molecule has 2 heterocycles. The van der Waals surface area contributed by atoms with Gasteiger partial charge in [0.1, 0.15) is 11.6 Å². The van der Waals surface area contributed by atoms with Crippen molar-refractivity contribution in [2.24, 2.45) is 0 Å². The first-order valence-corrected chi connectivity index (χ1v) is 9.17. The van der Waals surface area contributed by atoms with Gasteiger partial charge in [0.25, 0.3) is 5.91 Å². The van der Waals surface area contributed by atoms with E-state index >= 15 is 0 Å². The highest BCUT2D eigenvalue weighted by molar-refractivity contribution is 6.05. The molecule has 0 aliphatic rings. The minimum Gasteiger partial charge on any atom is -0.319 e. The number of carbonyl (C=O) groups is 1. The van der Waals surface area contributed by atoms with Gasteiger partial charge in [0.15, 0.2) is 5.82 Å². The number of hydrogen-bond acceptors (Lipinski definition) is 5. The second kappa shape index (κ2) is 7.82. The molecular weight excluding hydrogens is 392 g/mol. The van der Waals surface area contributed by atoms with E-state index in [0.29, 0.717) is 34.9 Å². The maximum absolute atomic E-state index is 14.3. The van der Waals surface area contributed by atoms with Gasteiger partial charge in [-0.15, -0.1) is 5.10 Å². The average molecular weight is 409 g/mol. The maximum atomic E-state index is 14.3. The smallest absolute Gasteiger partial charge is 0.259 e. The van der Waals surface area contributed by atoms with E-state index in [1.54, 1.807) is 23.7 Å². The first-order chi connectivity index (χ1) is 14.5. The van der Waals surface area contributed by atoms with Gasteiger partial charge in [-0.25, -0.2) is 13.5 Å². The topological polar surface area (TPSA) is 90.5 Å². The van der Waals surface area contributed by atoms with E-state index in [0.717, 1.165) is 0 Å². The Bertz CT molecular complexity index is 1210. The van der Waals surface area contributed by atoms with Gasteiger partial charge in [-0.1, -0.05) is 6.92 Å². The van der Waals surface area contributed by atoms with Crippen LogP contribution in [0.4, 0.5) is 14.5 Å². The lowest BCUT2D eigenvalue weighted by Crippen LogP contribution is -2.15. The number of rotatable bonds is 5. The van der Waals surface area contributed by atoms with Crippen molar-refractivity contribution in [1.82, 2.24) is 30.0 Å². The highest BCUT2D eigenvalue weighted by Crippen LogP contribution is 2.22. The molecule has 0 atom stereocenters. The molecule has 0 fully saturated rings. The summed E-state index contributed by atoms with van der Waals surface area (Å²) in [5.41, 5.74) is 2.03. The number of amides is 1. The Labute approximate surface area is 170 Å². The number of carbonyl (C=O) groups excluding carboxylic acids is 1. The van der Waals surface area contributed by atoms with Crippen molar-refractivity contribution in [3.05, 3.63) is 77.4 Å². The van der Waals surface area contributed by atoms with Crippen LogP contribution in [0.5, 0.6) is 0 Å². The summed E-state index contributed by atoms with van der Waals surface area (Å²) in [5.74, 6) is -0.950. The fourth-order valence-electron chi connectivity index (χ4n) is 3.11. The van der Waals surface area contributed by atoms with Crippen molar-refractivity contribution >= 4 is 11.6 Å². The van der Waals surface area contributed by atoms with Crippen LogP contribution in [-0.4, -0.2) is 35.9 Å². The zero-order valence-electron chi connectivity index (χ0n) is 16.2. The summed E-state index contributed by atoms with van der Waals surface area (Å²) in [5, 5.41) is 18.0. The number of nitrogens with one attached hydrogen (secondary N) is 1. The van der Waals surface area contributed by atoms with E-state index in [1.165, 1.54) is 41.2 Å². The first kappa shape index (κ1) is 19.4. The van der Waals surface area contributed by atoms with E-state index in [4.69, 9.17) is 0 Å². The Hall–Kier alpha value is -3.95. The monoisotopic (exact) mass is 409 g/mol. The number of benzene rings is 2. The predicted octanol–water partition coefficient (Wildman–Crippen LogP) is 3.25. The van der Waals surface area contributed by atoms with Crippen LogP contribution in [0.2, 0.25) is 0 Å². The van der Waals surface area contributed by atoms with E-state index in [9.17, 15) is 13.6 Å². The quantitative estimate of drug-likeness (QED) is 0.546. The summed E-state index contributed by atoms with van der Waals surface area (Å²) < 4.78 is 30.6. The van der Waals surface area contributed by atoms with E-state index in [2.05, 4.69) is 25.9 Å². The Morgan fingerprint density at radius 2 is 1.80 bits per heavy atom. The molecule has 4 aromatic rings. The van der Waals surface area contributed by atoms with Gasteiger partial charge in [-0.05, 0) is 66.2 Å². The molecule has 0 spiro atoms. The molecule has 1 N–H and O–H groups in total. The van der Waals surface area contributed by atoms with Crippen LogP contribution in [0, 0.1) is 18.6 Å². The number of tetrazole rings is 1. The molecule has 10 heteroatoms. The van der Waals surface area contributed by atoms with Gasteiger partial charge >= 0.3 is 0 Å². The largest absolute Gasteiger partial charge is 0.319 e. The Morgan fingerprint density at radius 3 is 2.47 bits per heavy atom. The normalized spacial score (nSPS) is 10.9. The van der Waals surface area contributed by atoms with Crippen molar-refractivity contribution in [2.75, 3.05) is 5.32 Å². The molecular formula is C20H17F2N7O. The van der Waals surface area contributed by atoms with Gasteiger partial charge in [0.2, 0.25) is 0 Å². The molecule has 8 nitrogen and oxygen atoms in total. The highest BCUT2D eigenvalue weighted by Gasteiger charge is 2.19. The molecule has 0 aliphatic heterocycles. The Balaban J connectivity index is 1.65. The molecule has 0 unspecified atom stereocenters. The highest BCUT2D eigenvalue weighted by atomic mass is 19.1. The minimum absolute atomic E-state index is 0.0102. The standard InChI is InChI=1S/C20H17F2N7O/c1-3-19-16(11-23-29(19)14-6-4-13(21)5-7-14)20(30)24-18-10-15(8-9-17(18)22)28-12(2)25-26-27-28/h4-11H,3H2,1-2H3,(H,24,30). The van der Waals surface area contributed by atoms with Crippen LogP contribution in [-0.2, 0) is 6.42 Å². The molecule has 2 aromatic carbocycles. The number of nitrogens with zero attached hydrogens (tertiary/aromatic N) is 6. The molecule has 0 radical (unpaired) electrons. The fourth-order valence-corrected chi connectivity index (χ4v) is 3.11. The van der Waals surface area contributed by atoms with Crippen LogP contribution in [0.3, 0.4) is 0 Å². The summed E-state index contributed by atoms with van der Waals surface area (Å²) in [4.78, 5) is 12.9. The van der Waals surface area contributed by atoms with Crippen LogP contribution in [0.1, 0.15) is 28.8 Å². The van der Waals surface area contributed by atoms with Crippen molar-refractivity contribution in [1.29, 1.82) is 0 Å². The third kappa shape index (κ3) is 3.54. The molecule has 1 amide bonds. The SMILES string of the molecule is CCc1c(C(=O)Nc2cc(-n3nnnc3C)ccc2F)cnn1-c1ccc(F)cc1. The van der Waals surface area contributed by atoms with Crippen LogP contribution < -0.4 is 5.32 Å². The molecule has 30 heavy (non-hydrogen) atoms. The molecule has 4 rings (SSSR count). The lowest BCUT2D eigenvalue weighted by atomic mass is 10.1. The van der Waals surface area contributed by atoms with Crippen molar-refractivity contribution < 1.29 is 13.6 Å². The van der Waals surface area contributed by atoms with Crippen molar-refractivity contribution in [3.63, 3.8) is 0 Å². The van der Waals surface area contributed by atoms with Gasteiger partial charge < -0.3 is 5.32 Å². The molecule has 0 bridgehead atoms. The van der Waals surface area contributed by atoms with Crippen molar-refractivity contribution in [2.45, 2.75) is 20.3 Å². The maximum Gasteiger partial charge on any atom is 0.259 e. The lowest BCUT2D eigenvalue weighted by Gasteiger charge is -2.10. The zero-order valence-corrected chi connectivity index (χ0v) is 16.2. The summed E-state index contributed by atoms with van der Waals surface area (Å²) >= 11 is 0. The second-order valence-electron chi connectivity index (χ2n) is 6.50. The van der Waals surface area contributed by atoms with Gasteiger partial charge in [-0.3, -0.25) is 4.79 Å². The van der Waals surface area contributed by atoms with Gasteiger partial charge in [0, 0.05) is 0 Å². The van der Waals surface area contributed by atoms with Gasteiger partial charge in [0.05, 0.1) is 34.5 Å².